The number of amides is 1. The van der Waals surface area contributed by atoms with Gasteiger partial charge in [-0.05, 0) is 34.6 Å². The number of esters is 2. The lowest BCUT2D eigenvalue weighted by atomic mass is 10.1. The quantitative estimate of drug-likeness (QED) is 0.432. The third-order valence-electron chi connectivity index (χ3n) is 2.40. The molecule has 114 valence electrons. The molecule has 0 fully saturated rings. The standard InChI is InChI=1S/C14H23NO5/c1-7-19-13(18)11(16)15(14(4,5)6)8-9-20-12(17)10(2)3/h2,7-9H2,1,3-6H3. The first-order valence-corrected chi connectivity index (χ1v) is 6.42. The molecule has 0 atom stereocenters. The Morgan fingerprint density at radius 3 is 2.05 bits per heavy atom. The number of rotatable bonds is 5. The molecule has 6 heteroatoms. The number of hydrogen-bond acceptors (Lipinski definition) is 5. The molecule has 0 aliphatic rings. The van der Waals surface area contributed by atoms with Crippen molar-refractivity contribution < 1.29 is 23.9 Å². The maximum atomic E-state index is 12.0. The number of carbonyl (C=O) groups is 3. The van der Waals surface area contributed by atoms with Gasteiger partial charge in [-0.25, -0.2) is 9.59 Å². The van der Waals surface area contributed by atoms with E-state index in [9.17, 15) is 14.4 Å². The highest BCUT2D eigenvalue weighted by molar-refractivity contribution is 6.32. The highest BCUT2D eigenvalue weighted by Gasteiger charge is 2.31. The van der Waals surface area contributed by atoms with E-state index >= 15 is 0 Å². The van der Waals surface area contributed by atoms with Crippen LogP contribution in [0.1, 0.15) is 34.6 Å². The Morgan fingerprint density at radius 1 is 1.10 bits per heavy atom. The smallest absolute Gasteiger partial charge is 0.397 e. The predicted molar refractivity (Wildman–Crippen MR) is 73.9 cm³/mol. The maximum Gasteiger partial charge on any atom is 0.397 e. The van der Waals surface area contributed by atoms with Gasteiger partial charge in [0, 0.05) is 11.1 Å². The van der Waals surface area contributed by atoms with Crippen LogP contribution in [-0.2, 0) is 23.9 Å². The second-order valence-electron chi connectivity index (χ2n) is 5.26. The molecule has 0 unspecified atom stereocenters. The van der Waals surface area contributed by atoms with Crippen LogP contribution < -0.4 is 0 Å². The van der Waals surface area contributed by atoms with Gasteiger partial charge in [0.05, 0.1) is 13.2 Å². The molecule has 0 spiro atoms. The SMILES string of the molecule is C=C(C)C(=O)OCCN(C(=O)C(=O)OCC)C(C)(C)C. The minimum absolute atomic E-state index is 0.00584. The van der Waals surface area contributed by atoms with Crippen LogP contribution >= 0.6 is 0 Å². The summed E-state index contributed by atoms with van der Waals surface area (Å²) in [7, 11) is 0. The minimum Gasteiger partial charge on any atom is -0.460 e. The molecule has 0 aliphatic heterocycles. The van der Waals surface area contributed by atoms with Crippen LogP contribution in [0.4, 0.5) is 0 Å². The first-order valence-electron chi connectivity index (χ1n) is 6.42. The van der Waals surface area contributed by atoms with Gasteiger partial charge in [-0.2, -0.15) is 0 Å². The summed E-state index contributed by atoms with van der Waals surface area (Å²) in [6.45, 7) is 12.2. The summed E-state index contributed by atoms with van der Waals surface area (Å²) in [6.07, 6.45) is 0. The van der Waals surface area contributed by atoms with Gasteiger partial charge in [0.25, 0.3) is 0 Å². The summed E-state index contributed by atoms with van der Waals surface area (Å²) in [5, 5.41) is 0. The third kappa shape index (κ3) is 5.86. The van der Waals surface area contributed by atoms with Crippen molar-refractivity contribution in [2.75, 3.05) is 19.8 Å². The summed E-state index contributed by atoms with van der Waals surface area (Å²) in [5.74, 6) is -2.18. The Labute approximate surface area is 119 Å². The first-order chi connectivity index (χ1) is 9.11. The van der Waals surface area contributed by atoms with Crippen LogP contribution in [0, 0.1) is 0 Å². The lowest BCUT2D eigenvalue weighted by molar-refractivity contribution is -0.163. The second kappa shape index (κ2) is 7.67. The highest BCUT2D eigenvalue weighted by Crippen LogP contribution is 2.14. The fraction of sp³-hybridized carbons (Fsp3) is 0.643. The zero-order valence-electron chi connectivity index (χ0n) is 12.8. The Hall–Kier alpha value is -1.85. The number of ether oxygens (including phenoxy) is 2. The van der Waals surface area contributed by atoms with Gasteiger partial charge in [0.2, 0.25) is 0 Å². The molecule has 0 N–H and O–H groups in total. The van der Waals surface area contributed by atoms with Crippen LogP contribution in [0.15, 0.2) is 12.2 Å². The minimum atomic E-state index is -0.909. The maximum absolute atomic E-state index is 12.0. The Kier molecular flexibility index (Phi) is 6.96. The van der Waals surface area contributed by atoms with Crippen LogP contribution in [0.25, 0.3) is 0 Å². The Bertz CT molecular complexity index is 395. The fourth-order valence-corrected chi connectivity index (χ4v) is 1.40. The number of nitrogens with zero attached hydrogens (tertiary/aromatic N) is 1. The molecule has 0 bridgehead atoms. The predicted octanol–water partition coefficient (Wildman–Crippen LogP) is 1.30. The van der Waals surface area contributed by atoms with Crippen LogP contribution in [0.5, 0.6) is 0 Å². The Morgan fingerprint density at radius 2 is 1.65 bits per heavy atom. The van der Waals surface area contributed by atoms with Gasteiger partial charge in [0.15, 0.2) is 0 Å². The second-order valence-corrected chi connectivity index (χ2v) is 5.26. The highest BCUT2D eigenvalue weighted by atomic mass is 16.5. The van der Waals surface area contributed by atoms with Gasteiger partial charge in [-0.1, -0.05) is 6.58 Å². The van der Waals surface area contributed by atoms with E-state index in [-0.39, 0.29) is 25.3 Å². The van der Waals surface area contributed by atoms with Crippen molar-refractivity contribution in [1.29, 1.82) is 0 Å². The van der Waals surface area contributed by atoms with E-state index in [4.69, 9.17) is 9.47 Å². The molecular formula is C14H23NO5. The lowest BCUT2D eigenvalue weighted by Crippen LogP contribution is -2.50. The van der Waals surface area contributed by atoms with E-state index in [1.165, 1.54) is 11.8 Å². The zero-order valence-corrected chi connectivity index (χ0v) is 12.8. The zero-order chi connectivity index (χ0) is 15.9. The summed E-state index contributed by atoms with van der Waals surface area (Å²) in [5.41, 5.74) is -0.302. The fourth-order valence-electron chi connectivity index (χ4n) is 1.40. The van der Waals surface area contributed by atoms with Crippen LogP contribution in [0.3, 0.4) is 0 Å². The normalized spacial score (nSPS) is 10.7. The largest absolute Gasteiger partial charge is 0.460 e. The molecule has 0 aromatic rings. The van der Waals surface area contributed by atoms with Gasteiger partial charge < -0.3 is 14.4 Å². The van der Waals surface area contributed by atoms with Gasteiger partial charge in [-0.15, -0.1) is 0 Å². The molecular weight excluding hydrogens is 262 g/mol. The van der Waals surface area contributed by atoms with Gasteiger partial charge >= 0.3 is 17.8 Å². The molecule has 0 radical (unpaired) electrons. The van der Waals surface area contributed by atoms with Crippen molar-refractivity contribution in [2.45, 2.75) is 40.2 Å². The van der Waals surface area contributed by atoms with E-state index in [0.717, 1.165) is 0 Å². The average molecular weight is 285 g/mol. The third-order valence-corrected chi connectivity index (χ3v) is 2.40. The van der Waals surface area contributed by atoms with E-state index in [2.05, 4.69) is 6.58 Å². The van der Waals surface area contributed by atoms with Gasteiger partial charge in [-0.3, -0.25) is 4.79 Å². The van der Waals surface area contributed by atoms with Crippen molar-refractivity contribution >= 4 is 17.8 Å². The van der Waals surface area contributed by atoms with E-state index in [0.29, 0.717) is 0 Å². The molecule has 0 heterocycles. The van der Waals surface area contributed by atoms with Crippen molar-refractivity contribution in [3.8, 4) is 0 Å². The van der Waals surface area contributed by atoms with E-state index < -0.39 is 23.4 Å². The van der Waals surface area contributed by atoms with Gasteiger partial charge in [0.1, 0.15) is 6.61 Å². The van der Waals surface area contributed by atoms with E-state index in [1.54, 1.807) is 27.7 Å². The molecule has 0 saturated carbocycles. The molecule has 0 aromatic carbocycles. The summed E-state index contributed by atoms with van der Waals surface area (Å²) in [6, 6.07) is 0. The Balaban J connectivity index is 4.68. The molecule has 0 aliphatic carbocycles. The molecule has 6 nitrogen and oxygen atoms in total. The molecule has 1 amide bonds. The first kappa shape index (κ1) is 18.1. The lowest BCUT2D eigenvalue weighted by Gasteiger charge is -2.34. The summed E-state index contributed by atoms with van der Waals surface area (Å²) < 4.78 is 9.63. The summed E-state index contributed by atoms with van der Waals surface area (Å²) >= 11 is 0. The number of hydrogen-bond donors (Lipinski definition) is 0. The molecule has 0 aromatic heterocycles. The van der Waals surface area contributed by atoms with Crippen molar-refractivity contribution in [3.63, 3.8) is 0 Å². The summed E-state index contributed by atoms with van der Waals surface area (Å²) in [4.78, 5) is 36.1. The van der Waals surface area contributed by atoms with Crippen molar-refractivity contribution in [1.82, 2.24) is 4.90 Å². The molecule has 0 rings (SSSR count). The monoisotopic (exact) mass is 285 g/mol. The van der Waals surface area contributed by atoms with Crippen molar-refractivity contribution in [2.24, 2.45) is 0 Å². The topological polar surface area (TPSA) is 72.9 Å². The van der Waals surface area contributed by atoms with Crippen LogP contribution in [0.2, 0.25) is 0 Å². The van der Waals surface area contributed by atoms with Crippen LogP contribution in [-0.4, -0.2) is 48.0 Å². The molecule has 0 saturated heterocycles. The molecule has 20 heavy (non-hydrogen) atoms. The average Bonchev–Trinajstić information content (AvgIpc) is 2.32. The number of carbonyl (C=O) groups excluding carboxylic acids is 3. The van der Waals surface area contributed by atoms with E-state index in [1.807, 2.05) is 0 Å². The van der Waals surface area contributed by atoms with Crippen molar-refractivity contribution in [3.05, 3.63) is 12.2 Å².